The number of halogens is 3. The van der Waals surface area contributed by atoms with Crippen LogP contribution in [-0.4, -0.2) is 37.7 Å². The lowest BCUT2D eigenvalue weighted by Gasteiger charge is -2.26. The molecule has 0 unspecified atom stereocenters. The largest absolute Gasteiger partial charge is 0.418 e. The van der Waals surface area contributed by atoms with Gasteiger partial charge in [-0.3, -0.25) is 19.6 Å². The van der Waals surface area contributed by atoms with Gasteiger partial charge in [-0.1, -0.05) is 42.4 Å². The van der Waals surface area contributed by atoms with E-state index in [1.807, 2.05) is 0 Å². The lowest BCUT2D eigenvalue weighted by molar-refractivity contribution is -0.384. The average molecular weight is 478 g/mol. The molecule has 4 rings (SSSR count). The van der Waals surface area contributed by atoms with Crippen molar-refractivity contribution in [3.05, 3.63) is 75.6 Å². The van der Waals surface area contributed by atoms with Crippen molar-refractivity contribution >= 4 is 17.4 Å². The number of non-ortho nitro benzene ring substituents is 1. The molecule has 1 saturated heterocycles. The minimum Gasteiger partial charge on any atom is -0.296 e. The fraction of sp³-hybridized carbons (Fsp3) is 0.364. The molecule has 0 radical (unpaired) electrons. The van der Waals surface area contributed by atoms with E-state index in [0.717, 1.165) is 38.4 Å². The van der Waals surface area contributed by atoms with Crippen LogP contribution >= 0.6 is 11.8 Å². The molecule has 3 aromatic rings. The Morgan fingerprint density at radius 2 is 1.79 bits per heavy atom. The highest BCUT2D eigenvalue weighted by atomic mass is 32.2. The zero-order valence-electron chi connectivity index (χ0n) is 17.7. The minimum atomic E-state index is -4.54. The molecule has 0 saturated carbocycles. The van der Waals surface area contributed by atoms with Gasteiger partial charge in [-0.15, -0.1) is 10.2 Å². The lowest BCUT2D eigenvalue weighted by atomic mass is 10.1. The van der Waals surface area contributed by atoms with Gasteiger partial charge in [-0.2, -0.15) is 13.2 Å². The molecule has 1 aliphatic rings. The molecule has 1 aliphatic heterocycles. The lowest BCUT2D eigenvalue weighted by Crippen LogP contribution is -2.30. The Balaban J connectivity index is 1.69. The number of piperidine rings is 1. The van der Waals surface area contributed by atoms with E-state index in [4.69, 9.17) is 0 Å². The predicted octanol–water partition coefficient (Wildman–Crippen LogP) is 5.47. The van der Waals surface area contributed by atoms with Crippen LogP contribution in [0.2, 0.25) is 0 Å². The summed E-state index contributed by atoms with van der Waals surface area (Å²) in [5.41, 5.74) is -0.154. The molecule has 7 nitrogen and oxygen atoms in total. The summed E-state index contributed by atoms with van der Waals surface area (Å²) in [5, 5.41) is 19.8. The summed E-state index contributed by atoms with van der Waals surface area (Å²) in [6.45, 7) is 2.13. The van der Waals surface area contributed by atoms with E-state index in [2.05, 4.69) is 15.1 Å². The Labute approximate surface area is 192 Å². The van der Waals surface area contributed by atoms with Crippen LogP contribution in [0.5, 0.6) is 0 Å². The molecule has 2 heterocycles. The van der Waals surface area contributed by atoms with Crippen LogP contribution in [0.25, 0.3) is 5.69 Å². The number of aromatic nitrogens is 3. The van der Waals surface area contributed by atoms with Crippen molar-refractivity contribution in [2.75, 3.05) is 13.1 Å². The van der Waals surface area contributed by atoms with Gasteiger partial charge in [0, 0.05) is 17.9 Å². The summed E-state index contributed by atoms with van der Waals surface area (Å²) in [6, 6.07) is 11.6. The molecule has 0 spiro atoms. The number of hydrogen-bond acceptors (Lipinski definition) is 6. The molecule has 1 fully saturated rings. The quantitative estimate of drug-likeness (QED) is 0.255. The van der Waals surface area contributed by atoms with Crippen molar-refractivity contribution in [3.8, 4) is 5.69 Å². The van der Waals surface area contributed by atoms with Gasteiger partial charge in [0.25, 0.3) is 5.69 Å². The van der Waals surface area contributed by atoms with Crippen LogP contribution in [0.4, 0.5) is 18.9 Å². The number of thioether (sulfide) groups is 1. The van der Waals surface area contributed by atoms with Gasteiger partial charge in [-0.25, -0.2) is 0 Å². The number of hydrogen-bond donors (Lipinski definition) is 0. The Morgan fingerprint density at radius 1 is 1.03 bits per heavy atom. The van der Waals surface area contributed by atoms with Gasteiger partial charge >= 0.3 is 6.18 Å². The Morgan fingerprint density at radius 3 is 2.52 bits per heavy atom. The smallest absolute Gasteiger partial charge is 0.296 e. The molecular formula is C22H22F3N5O2S. The fourth-order valence-corrected chi connectivity index (χ4v) is 4.78. The third kappa shape index (κ3) is 5.53. The number of benzene rings is 2. The van der Waals surface area contributed by atoms with Gasteiger partial charge in [0.2, 0.25) is 0 Å². The van der Waals surface area contributed by atoms with Crippen molar-refractivity contribution in [1.29, 1.82) is 0 Å². The minimum absolute atomic E-state index is 0.0245. The summed E-state index contributed by atoms with van der Waals surface area (Å²) in [7, 11) is 0. The van der Waals surface area contributed by atoms with E-state index in [1.165, 1.54) is 40.6 Å². The molecular weight excluding hydrogens is 455 g/mol. The van der Waals surface area contributed by atoms with Crippen LogP contribution in [0, 0.1) is 10.1 Å². The molecule has 0 aliphatic carbocycles. The van der Waals surface area contributed by atoms with Crippen LogP contribution in [0.3, 0.4) is 0 Å². The third-order valence-electron chi connectivity index (χ3n) is 5.45. The second-order valence-corrected chi connectivity index (χ2v) is 8.74. The van der Waals surface area contributed by atoms with Crippen LogP contribution < -0.4 is 0 Å². The van der Waals surface area contributed by atoms with Gasteiger partial charge < -0.3 is 0 Å². The van der Waals surface area contributed by atoms with Crippen molar-refractivity contribution in [3.63, 3.8) is 0 Å². The van der Waals surface area contributed by atoms with Gasteiger partial charge in [-0.05, 0) is 43.6 Å². The van der Waals surface area contributed by atoms with Crippen molar-refractivity contribution in [1.82, 2.24) is 19.7 Å². The molecule has 0 atom stereocenters. The number of nitrogens with zero attached hydrogens (tertiary/aromatic N) is 5. The summed E-state index contributed by atoms with van der Waals surface area (Å²) >= 11 is 1.20. The van der Waals surface area contributed by atoms with Gasteiger partial charge in [0.15, 0.2) is 11.0 Å². The maximum absolute atomic E-state index is 13.8. The highest BCUT2D eigenvalue weighted by Crippen LogP contribution is 2.36. The Hall–Kier alpha value is -2.92. The molecule has 174 valence electrons. The molecule has 11 heteroatoms. The third-order valence-corrected chi connectivity index (χ3v) is 6.45. The number of nitro benzene ring substituents is 1. The van der Waals surface area contributed by atoms with E-state index in [1.54, 1.807) is 18.2 Å². The predicted molar refractivity (Wildman–Crippen MR) is 118 cm³/mol. The zero-order valence-corrected chi connectivity index (χ0v) is 18.5. The normalized spacial score (nSPS) is 15.0. The number of rotatable bonds is 7. The number of para-hydroxylation sites is 1. The van der Waals surface area contributed by atoms with E-state index in [0.29, 0.717) is 28.8 Å². The fourth-order valence-electron chi connectivity index (χ4n) is 3.87. The maximum atomic E-state index is 13.8. The standard InChI is InChI=1S/C22H22F3N5O2S/c23-22(24,25)18-9-2-3-10-19(18)29-20(14-28-11-4-1-5-12-28)26-27-21(29)33-15-16-7-6-8-17(13-16)30(31)32/h2-3,6-10,13H,1,4-5,11-12,14-15H2. The van der Waals surface area contributed by atoms with Crippen LogP contribution in [0.1, 0.15) is 36.2 Å². The summed E-state index contributed by atoms with van der Waals surface area (Å²) < 4.78 is 42.9. The van der Waals surface area contributed by atoms with Crippen LogP contribution in [0.15, 0.2) is 53.7 Å². The summed E-state index contributed by atoms with van der Waals surface area (Å²) in [5.74, 6) is 0.743. The van der Waals surface area contributed by atoms with Gasteiger partial charge in [0.05, 0.1) is 22.7 Å². The topological polar surface area (TPSA) is 77.1 Å². The van der Waals surface area contributed by atoms with E-state index in [9.17, 15) is 23.3 Å². The molecule has 0 bridgehead atoms. The summed E-state index contributed by atoms with van der Waals surface area (Å²) in [4.78, 5) is 12.7. The van der Waals surface area contributed by atoms with Gasteiger partial charge in [0.1, 0.15) is 0 Å². The van der Waals surface area contributed by atoms with E-state index in [-0.39, 0.29) is 11.4 Å². The molecule has 0 amide bonds. The molecule has 0 N–H and O–H groups in total. The second kappa shape index (κ2) is 9.92. The first-order valence-electron chi connectivity index (χ1n) is 10.5. The summed E-state index contributed by atoms with van der Waals surface area (Å²) in [6.07, 6.45) is -1.31. The number of likely N-dealkylation sites (tertiary alicyclic amines) is 1. The Bertz CT molecular complexity index is 1130. The average Bonchev–Trinajstić information content (AvgIpc) is 3.20. The molecule has 33 heavy (non-hydrogen) atoms. The Kier molecular flexibility index (Phi) is 6.99. The second-order valence-electron chi connectivity index (χ2n) is 7.80. The van der Waals surface area contributed by atoms with Crippen molar-refractivity contribution in [2.45, 2.75) is 42.9 Å². The number of alkyl halides is 3. The first-order chi connectivity index (χ1) is 15.8. The first-order valence-corrected chi connectivity index (χ1v) is 11.5. The van der Waals surface area contributed by atoms with Crippen molar-refractivity contribution in [2.24, 2.45) is 0 Å². The van der Waals surface area contributed by atoms with E-state index >= 15 is 0 Å². The van der Waals surface area contributed by atoms with Crippen LogP contribution in [-0.2, 0) is 18.5 Å². The van der Waals surface area contributed by atoms with E-state index < -0.39 is 16.7 Å². The first kappa shape index (κ1) is 23.2. The monoisotopic (exact) mass is 477 g/mol. The highest BCUT2D eigenvalue weighted by molar-refractivity contribution is 7.98. The highest BCUT2D eigenvalue weighted by Gasteiger charge is 2.35. The number of nitro groups is 1. The SMILES string of the molecule is O=[N+]([O-])c1cccc(CSc2nnc(CN3CCCCC3)n2-c2ccccc2C(F)(F)F)c1. The zero-order chi connectivity index (χ0) is 23.4. The molecule has 1 aromatic heterocycles. The maximum Gasteiger partial charge on any atom is 0.418 e. The van der Waals surface area contributed by atoms with Crippen molar-refractivity contribution < 1.29 is 18.1 Å². The molecule has 2 aromatic carbocycles.